The highest BCUT2D eigenvalue weighted by molar-refractivity contribution is 5.92. The third-order valence-electron chi connectivity index (χ3n) is 3.89. The van der Waals surface area contributed by atoms with Crippen LogP contribution in [0.4, 0.5) is 0 Å². The fraction of sp³-hybridized carbons (Fsp3) is 0.500. The highest BCUT2D eigenvalue weighted by Gasteiger charge is 2.12. The van der Waals surface area contributed by atoms with Gasteiger partial charge >= 0.3 is 0 Å². The van der Waals surface area contributed by atoms with Gasteiger partial charge in [0, 0.05) is 32.0 Å². The van der Waals surface area contributed by atoms with Gasteiger partial charge in [0.1, 0.15) is 11.3 Å². The van der Waals surface area contributed by atoms with Crippen molar-refractivity contribution in [2.75, 3.05) is 39.4 Å². The molecule has 2 aromatic heterocycles. The normalized spacial score (nSPS) is 16.0. The van der Waals surface area contributed by atoms with E-state index in [1.54, 1.807) is 6.20 Å². The van der Waals surface area contributed by atoms with Gasteiger partial charge in [0.05, 0.1) is 13.2 Å². The molecule has 1 amide bonds. The van der Waals surface area contributed by atoms with Gasteiger partial charge in [0.15, 0.2) is 0 Å². The van der Waals surface area contributed by atoms with Gasteiger partial charge in [-0.05, 0) is 37.6 Å². The summed E-state index contributed by atoms with van der Waals surface area (Å²) in [6.45, 7) is 7.27. The van der Waals surface area contributed by atoms with E-state index in [2.05, 4.69) is 15.2 Å². The molecule has 0 aliphatic carbocycles. The smallest absolute Gasteiger partial charge is 0.271 e. The maximum Gasteiger partial charge on any atom is 0.271 e. The van der Waals surface area contributed by atoms with Crippen LogP contribution in [0.1, 0.15) is 22.5 Å². The summed E-state index contributed by atoms with van der Waals surface area (Å²) in [4.78, 5) is 18.9. The van der Waals surface area contributed by atoms with E-state index in [1.807, 2.05) is 29.7 Å². The Morgan fingerprint density at radius 3 is 3.05 bits per heavy atom. The molecule has 118 valence electrons. The van der Waals surface area contributed by atoms with Crippen LogP contribution in [-0.4, -0.2) is 59.6 Å². The summed E-state index contributed by atoms with van der Waals surface area (Å²) in [5.74, 6) is -0.108. The lowest BCUT2D eigenvalue weighted by atomic mass is 10.3. The first-order valence-corrected chi connectivity index (χ1v) is 7.76. The van der Waals surface area contributed by atoms with Crippen LogP contribution in [0.25, 0.3) is 5.65 Å². The SMILES string of the molecule is Cc1ccn2cc(C(=O)NCCCN3CCOCC3)nc2c1. The molecule has 1 aliphatic rings. The van der Waals surface area contributed by atoms with Crippen molar-refractivity contribution in [1.29, 1.82) is 0 Å². The van der Waals surface area contributed by atoms with Crippen LogP contribution in [0.2, 0.25) is 0 Å². The molecular weight excluding hydrogens is 280 g/mol. The summed E-state index contributed by atoms with van der Waals surface area (Å²) in [7, 11) is 0. The number of hydrogen-bond donors (Lipinski definition) is 1. The number of nitrogens with one attached hydrogen (secondary N) is 1. The van der Waals surface area contributed by atoms with Crippen molar-refractivity contribution in [3.63, 3.8) is 0 Å². The molecule has 3 heterocycles. The van der Waals surface area contributed by atoms with E-state index in [9.17, 15) is 4.79 Å². The maximum absolute atomic E-state index is 12.1. The number of aromatic nitrogens is 2. The zero-order valence-corrected chi connectivity index (χ0v) is 12.9. The standard InChI is InChI=1S/C16H22N4O2/c1-13-3-6-20-12-14(18-15(20)11-13)16(21)17-4-2-5-19-7-9-22-10-8-19/h3,6,11-12H,2,4-5,7-10H2,1H3,(H,17,21). The molecule has 0 bridgehead atoms. The summed E-state index contributed by atoms with van der Waals surface area (Å²) in [6, 6.07) is 3.97. The van der Waals surface area contributed by atoms with Crippen molar-refractivity contribution in [3.05, 3.63) is 35.8 Å². The minimum absolute atomic E-state index is 0.108. The zero-order chi connectivity index (χ0) is 15.4. The van der Waals surface area contributed by atoms with E-state index in [4.69, 9.17) is 4.74 Å². The Labute approximate surface area is 130 Å². The monoisotopic (exact) mass is 302 g/mol. The third-order valence-corrected chi connectivity index (χ3v) is 3.89. The van der Waals surface area contributed by atoms with Crippen LogP contribution in [0.15, 0.2) is 24.5 Å². The molecule has 0 atom stereocenters. The molecule has 3 rings (SSSR count). The van der Waals surface area contributed by atoms with Gasteiger partial charge in [-0.2, -0.15) is 0 Å². The molecule has 2 aromatic rings. The lowest BCUT2D eigenvalue weighted by molar-refractivity contribution is 0.0374. The third kappa shape index (κ3) is 3.64. The summed E-state index contributed by atoms with van der Waals surface area (Å²) in [5.41, 5.74) is 2.41. The van der Waals surface area contributed by atoms with Crippen molar-refractivity contribution >= 4 is 11.6 Å². The highest BCUT2D eigenvalue weighted by Crippen LogP contribution is 2.07. The molecular formula is C16H22N4O2. The van der Waals surface area contributed by atoms with E-state index in [-0.39, 0.29) is 5.91 Å². The Balaban J connectivity index is 1.48. The van der Waals surface area contributed by atoms with Crippen LogP contribution in [0.3, 0.4) is 0 Å². The number of ether oxygens (including phenoxy) is 1. The number of carbonyl (C=O) groups is 1. The molecule has 0 spiro atoms. The van der Waals surface area contributed by atoms with E-state index in [1.165, 1.54) is 0 Å². The van der Waals surface area contributed by atoms with E-state index in [0.29, 0.717) is 12.2 Å². The summed E-state index contributed by atoms with van der Waals surface area (Å²) in [6.07, 6.45) is 4.64. The maximum atomic E-state index is 12.1. The van der Waals surface area contributed by atoms with Gasteiger partial charge in [0.25, 0.3) is 5.91 Å². The Morgan fingerprint density at radius 2 is 2.23 bits per heavy atom. The first-order valence-electron chi connectivity index (χ1n) is 7.76. The number of morpholine rings is 1. The van der Waals surface area contributed by atoms with Gasteiger partial charge in [-0.25, -0.2) is 4.98 Å². The van der Waals surface area contributed by atoms with Crippen LogP contribution in [-0.2, 0) is 4.74 Å². The molecule has 6 heteroatoms. The van der Waals surface area contributed by atoms with Crippen LogP contribution < -0.4 is 5.32 Å². The number of amides is 1. The molecule has 1 fully saturated rings. The number of nitrogens with zero attached hydrogens (tertiary/aromatic N) is 3. The molecule has 22 heavy (non-hydrogen) atoms. The second-order valence-corrected chi connectivity index (χ2v) is 5.66. The predicted molar refractivity (Wildman–Crippen MR) is 84.1 cm³/mol. The van der Waals surface area contributed by atoms with Gasteiger partial charge in [0.2, 0.25) is 0 Å². The lowest BCUT2D eigenvalue weighted by Gasteiger charge is -2.26. The summed E-state index contributed by atoms with van der Waals surface area (Å²) in [5, 5.41) is 2.94. The molecule has 0 saturated carbocycles. The molecule has 0 aromatic carbocycles. The number of aryl methyl sites for hydroxylation is 1. The number of rotatable bonds is 5. The Hall–Kier alpha value is -1.92. The molecule has 1 aliphatic heterocycles. The Kier molecular flexibility index (Phi) is 4.70. The molecule has 1 saturated heterocycles. The van der Waals surface area contributed by atoms with Crippen molar-refractivity contribution in [3.8, 4) is 0 Å². The average Bonchev–Trinajstić information content (AvgIpc) is 2.95. The molecule has 0 unspecified atom stereocenters. The average molecular weight is 302 g/mol. The van der Waals surface area contributed by atoms with Gasteiger partial charge in [-0.15, -0.1) is 0 Å². The van der Waals surface area contributed by atoms with E-state index >= 15 is 0 Å². The molecule has 0 radical (unpaired) electrons. The Bertz CT molecular complexity index is 647. The fourth-order valence-electron chi connectivity index (χ4n) is 2.61. The largest absolute Gasteiger partial charge is 0.379 e. The van der Waals surface area contributed by atoms with Crippen LogP contribution in [0, 0.1) is 6.92 Å². The number of imidazole rings is 1. The molecule has 1 N–H and O–H groups in total. The van der Waals surface area contributed by atoms with Crippen molar-refractivity contribution in [2.45, 2.75) is 13.3 Å². The predicted octanol–water partition coefficient (Wildman–Crippen LogP) is 1.09. The van der Waals surface area contributed by atoms with Crippen LogP contribution >= 0.6 is 0 Å². The number of pyridine rings is 1. The first-order chi connectivity index (χ1) is 10.7. The zero-order valence-electron chi connectivity index (χ0n) is 12.9. The number of hydrogen-bond acceptors (Lipinski definition) is 4. The van der Waals surface area contributed by atoms with Crippen molar-refractivity contribution in [1.82, 2.24) is 19.6 Å². The Morgan fingerprint density at radius 1 is 1.41 bits per heavy atom. The number of fused-ring (bicyclic) bond motifs is 1. The van der Waals surface area contributed by atoms with Crippen LogP contribution in [0.5, 0.6) is 0 Å². The quantitative estimate of drug-likeness (QED) is 0.840. The molecule has 6 nitrogen and oxygen atoms in total. The van der Waals surface area contributed by atoms with Crippen molar-refractivity contribution < 1.29 is 9.53 Å². The summed E-state index contributed by atoms with van der Waals surface area (Å²) >= 11 is 0. The number of carbonyl (C=O) groups excluding carboxylic acids is 1. The first kappa shape index (κ1) is 15.0. The topological polar surface area (TPSA) is 58.9 Å². The summed E-state index contributed by atoms with van der Waals surface area (Å²) < 4.78 is 7.19. The lowest BCUT2D eigenvalue weighted by Crippen LogP contribution is -2.38. The van der Waals surface area contributed by atoms with Gasteiger partial charge in [-0.3, -0.25) is 9.69 Å². The van der Waals surface area contributed by atoms with Crippen molar-refractivity contribution in [2.24, 2.45) is 0 Å². The van der Waals surface area contributed by atoms with E-state index in [0.717, 1.165) is 50.5 Å². The minimum Gasteiger partial charge on any atom is -0.379 e. The second-order valence-electron chi connectivity index (χ2n) is 5.66. The van der Waals surface area contributed by atoms with E-state index < -0.39 is 0 Å². The second kappa shape index (κ2) is 6.89. The highest BCUT2D eigenvalue weighted by atomic mass is 16.5. The van der Waals surface area contributed by atoms with Gasteiger partial charge < -0.3 is 14.5 Å². The van der Waals surface area contributed by atoms with Gasteiger partial charge in [-0.1, -0.05) is 0 Å². The fourth-order valence-corrected chi connectivity index (χ4v) is 2.61. The minimum atomic E-state index is -0.108.